The lowest BCUT2D eigenvalue weighted by Crippen LogP contribution is -2.30. The summed E-state index contributed by atoms with van der Waals surface area (Å²) in [6, 6.07) is 11.6. The lowest BCUT2D eigenvalue weighted by atomic mass is 10.2. The summed E-state index contributed by atoms with van der Waals surface area (Å²) in [7, 11) is 0. The monoisotopic (exact) mass is 422 g/mol. The van der Waals surface area contributed by atoms with E-state index in [9.17, 15) is 4.79 Å². The predicted molar refractivity (Wildman–Crippen MR) is 105 cm³/mol. The first-order valence-electron chi connectivity index (χ1n) is 7.39. The van der Waals surface area contributed by atoms with E-state index in [1.807, 2.05) is 36.4 Å². The SMILES string of the molecule is NCCCN1C(=O)/C(=C\c2ccc(-c3ccc(Br)cc3)o2)SC1=S. The lowest BCUT2D eigenvalue weighted by molar-refractivity contribution is -0.122. The van der Waals surface area contributed by atoms with Gasteiger partial charge in [-0.15, -0.1) is 0 Å². The Morgan fingerprint density at radius 3 is 2.71 bits per heavy atom. The van der Waals surface area contributed by atoms with E-state index in [0.717, 1.165) is 22.2 Å². The van der Waals surface area contributed by atoms with Gasteiger partial charge >= 0.3 is 0 Å². The maximum atomic E-state index is 12.4. The van der Waals surface area contributed by atoms with Crippen LogP contribution in [0.3, 0.4) is 0 Å². The minimum Gasteiger partial charge on any atom is -0.457 e. The van der Waals surface area contributed by atoms with Gasteiger partial charge in [0.25, 0.3) is 5.91 Å². The molecule has 2 heterocycles. The second-order valence-electron chi connectivity index (χ2n) is 5.18. The quantitative estimate of drug-likeness (QED) is 0.575. The Morgan fingerprint density at radius 1 is 1.25 bits per heavy atom. The number of furan rings is 1. The molecule has 3 rings (SSSR count). The van der Waals surface area contributed by atoms with Gasteiger partial charge in [-0.2, -0.15) is 0 Å². The Labute approximate surface area is 158 Å². The van der Waals surface area contributed by atoms with Crippen LogP contribution >= 0.6 is 39.9 Å². The Kier molecular flexibility index (Phi) is 5.55. The average molecular weight is 423 g/mol. The van der Waals surface area contributed by atoms with Gasteiger partial charge in [-0.05, 0) is 37.2 Å². The molecule has 1 fully saturated rings. The Balaban J connectivity index is 1.78. The number of halogens is 1. The molecule has 0 unspecified atom stereocenters. The van der Waals surface area contributed by atoms with Crippen LogP contribution < -0.4 is 5.73 Å². The van der Waals surface area contributed by atoms with Gasteiger partial charge in [0, 0.05) is 22.7 Å². The normalized spacial score (nSPS) is 16.4. The first-order valence-corrected chi connectivity index (χ1v) is 9.41. The molecule has 1 saturated heterocycles. The number of carbonyl (C=O) groups excluding carboxylic acids is 1. The smallest absolute Gasteiger partial charge is 0.266 e. The zero-order valence-electron chi connectivity index (χ0n) is 12.7. The van der Waals surface area contributed by atoms with Crippen molar-refractivity contribution < 1.29 is 9.21 Å². The minimum absolute atomic E-state index is 0.0833. The highest BCUT2D eigenvalue weighted by atomic mass is 79.9. The highest BCUT2D eigenvalue weighted by molar-refractivity contribution is 9.10. The van der Waals surface area contributed by atoms with E-state index in [1.54, 1.807) is 11.0 Å². The van der Waals surface area contributed by atoms with Crippen molar-refractivity contribution in [3.05, 3.63) is 51.5 Å². The first kappa shape index (κ1) is 17.4. The molecule has 1 aliphatic heterocycles. The summed E-state index contributed by atoms with van der Waals surface area (Å²) in [5.41, 5.74) is 6.48. The largest absolute Gasteiger partial charge is 0.457 e. The maximum absolute atomic E-state index is 12.4. The van der Waals surface area contributed by atoms with Gasteiger partial charge in [-0.1, -0.05) is 52.0 Å². The van der Waals surface area contributed by atoms with Crippen molar-refractivity contribution in [1.29, 1.82) is 0 Å². The fourth-order valence-electron chi connectivity index (χ4n) is 2.27. The summed E-state index contributed by atoms with van der Waals surface area (Å²) >= 11 is 9.98. The van der Waals surface area contributed by atoms with Crippen LogP contribution in [0.2, 0.25) is 0 Å². The Morgan fingerprint density at radius 2 is 2.00 bits per heavy atom. The van der Waals surface area contributed by atoms with Crippen molar-refractivity contribution in [2.75, 3.05) is 13.1 Å². The molecule has 0 saturated carbocycles. The first-order chi connectivity index (χ1) is 11.6. The summed E-state index contributed by atoms with van der Waals surface area (Å²) in [6.45, 7) is 1.09. The van der Waals surface area contributed by atoms with E-state index in [0.29, 0.717) is 28.1 Å². The third kappa shape index (κ3) is 3.80. The highest BCUT2D eigenvalue weighted by Gasteiger charge is 2.31. The van der Waals surface area contributed by atoms with Crippen molar-refractivity contribution in [1.82, 2.24) is 4.90 Å². The van der Waals surface area contributed by atoms with E-state index in [-0.39, 0.29) is 5.91 Å². The van der Waals surface area contributed by atoms with Crippen LogP contribution in [0.1, 0.15) is 12.2 Å². The molecule has 2 N–H and O–H groups in total. The second-order valence-corrected chi connectivity index (χ2v) is 7.78. The predicted octanol–water partition coefficient (Wildman–Crippen LogP) is 4.26. The number of benzene rings is 1. The van der Waals surface area contributed by atoms with Crippen molar-refractivity contribution in [3.63, 3.8) is 0 Å². The highest BCUT2D eigenvalue weighted by Crippen LogP contribution is 2.33. The lowest BCUT2D eigenvalue weighted by Gasteiger charge is -2.12. The molecule has 1 aliphatic rings. The molecule has 0 atom stereocenters. The molecule has 7 heteroatoms. The van der Waals surface area contributed by atoms with Crippen LogP contribution in [0, 0.1) is 0 Å². The van der Waals surface area contributed by atoms with Gasteiger partial charge in [0.15, 0.2) is 0 Å². The molecule has 124 valence electrons. The van der Waals surface area contributed by atoms with Crippen LogP contribution in [0.25, 0.3) is 17.4 Å². The number of carbonyl (C=O) groups is 1. The van der Waals surface area contributed by atoms with Gasteiger partial charge in [0.2, 0.25) is 0 Å². The molecule has 2 aromatic rings. The van der Waals surface area contributed by atoms with Crippen molar-refractivity contribution in [2.45, 2.75) is 6.42 Å². The van der Waals surface area contributed by atoms with Crippen LogP contribution in [-0.4, -0.2) is 28.2 Å². The minimum atomic E-state index is -0.0833. The number of hydrogen-bond donors (Lipinski definition) is 1. The fourth-order valence-corrected chi connectivity index (χ4v) is 3.82. The molecule has 1 aromatic carbocycles. The van der Waals surface area contributed by atoms with Gasteiger partial charge in [0.05, 0.1) is 4.91 Å². The second kappa shape index (κ2) is 7.65. The standard InChI is InChI=1S/C17H15BrN2O2S2/c18-12-4-2-11(3-5-12)14-7-6-13(22-14)10-15-16(21)20(9-1-8-19)17(23)24-15/h2-7,10H,1,8-9,19H2/b15-10+. The maximum Gasteiger partial charge on any atom is 0.266 e. The zero-order chi connectivity index (χ0) is 17.1. The summed E-state index contributed by atoms with van der Waals surface area (Å²) in [6.07, 6.45) is 2.47. The van der Waals surface area contributed by atoms with E-state index >= 15 is 0 Å². The number of amides is 1. The zero-order valence-corrected chi connectivity index (χ0v) is 15.9. The van der Waals surface area contributed by atoms with Crippen LogP contribution in [0.15, 0.2) is 50.2 Å². The third-order valence-electron chi connectivity index (χ3n) is 3.49. The molecule has 0 spiro atoms. The molecule has 0 bridgehead atoms. The van der Waals surface area contributed by atoms with E-state index in [2.05, 4.69) is 15.9 Å². The van der Waals surface area contributed by atoms with Crippen molar-refractivity contribution in [2.24, 2.45) is 5.73 Å². The van der Waals surface area contributed by atoms with Crippen LogP contribution in [0.5, 0.6) is 0 Å². The molecule has 0 radical (unpaired) electrons. The third-order valence-corrected chi connectivity index (χ3v) is 5.39. The van der Waals surface area contributed by atoms with E-state index in [1.165, 1.54) is 11.8 Å². The number of nitrogens with zero attached hydrogens (tertiary/aromatic N) is 1. The van der Waals surface area contributed by atoms with Crippen LogP contribution in [-0.2, 0) is 4.79 Å². The topological polar surface area (TPSA) is 59.5 Å². The number of hydrogen-bond acceptors (Lipinski definition) is 5. The number of thioether (sulfide) groups is 1. The molecule has 24 heavy (non-hydrogen) atoms. The van der Waals surface area contributed by atoms with E-state index in [4.69, 9.17) is 22.4 Å². The Hall–Kier alpha value is -1.41. The summed E-state index contributed by atoms with van der Waals surface area (Å²) < 4.78 is 7.41. The summed E-state index contributed by atoms with van der Waals surface area (Å²) in [5.74, 6) is 1.31. The van der Waals surface area contributed by atoms with Gasteiger partial charge in [0.1, 0.15) is 15.8 Å². The fraction of sp³-hybridized carbons (Fsp3) is 0.176. The molecule has 1 aromatic heterocycles. The molecule has 0 aliphatic carbocycles. The average Bonchev–Trinajstić information content (AvgIpc) is 3.13. The number of nitrogens with two attached hydrogens (primary N) is 1. The number of thiocarbonyl (C=S) groups is 1. The number of rotatable bonds is 5. The van der Waals surface area contributed by atoms with Crippen LogP contribution in [0.4, 0.5) is 0 Å². The molecular weight excluding hydrogens is 408 g/mol. The van der Waals surface area contributed by atoms with Crippen molar-refractivity contribution >= 4 is 56.2 Å². The Bertz CT molecular complexity index is 799. The van der Waals surface area contributed by atoms with Gasteiger partial charge in [-0.25, -0.2) is 0 Å². The summed E-state index contributed by atoms with van der Waals surface area (Å²) in [4.78, 5) is 14.6. The molecular formula is C17H15BrN2O2S2. The summed E-state index contributed by atoms with van der Waals surface area (Å²) in [5, 5.41) is 0. The van der Waals surface area contributed by atoms with Gasteiger partial charge in [-0.3, -0.25) is 9.69 Å². The van der Waals surface area contributed by atoms with Gasteiger partial charge < -0.3 is 10.2 Å². The molecule has 4 nitrogen and oxygen atoms in total. The van der Waals surface area contributed by atoms with E-state index < -0.39 is 0 Å². The molecule has 1 amide bonds. The van der Waals surface area contributed by atoms with Crippen molar-refractivity contribution in [3.8, 4) is 11.3 Å².